The van der Waals surface area contributed by atoms with Gasteiger partial charge in [0.2, 0.25) is 10.0 Å². The van der Waals surface area contributed by atoms with Gasteiger partial charge < -0.3 is 5.73 Å². The van der Waals surface area contributed by atoms with E-state index in [0.717, 1.165) is 19.3 Å². The van der Waals surface area contributed by atoms with Crippen LogP contribution in [0, 0.1) is 5.41 Å². The first kappa shape index (κ1) is 12.5. The van der Waals surface area contributed by atoms with E-state index < -0.39 is 10.0 Å². The molecule has 1 heterocycles. The molecule has 2 rings (SSSR count). The monoisotopic (exact) mass is 255 g/mol. The number of pyridine rings is 1. The van der Waals surface area contributed by atoms with E-state index in [0.29, 0.717) is 13.1 Å². The Morgan fingerprint density at radius 1 is 1.47 bits per heavy atom. The molecule has 1 saturated carbocycles. The van der Waals surface area contributed by atoms with Gasteiger partial charge in [-0.25, -0.2) is 13.1 Å². The average Bonchev–Trinajstić information content (AvgIpc) is 3.09. The minimum absolute atomic E-state index is 0.101. The number of rotatable bonds is 6. The third kappa shape index (κ3) is 3.02. The Kier molecular flexibility index (Phi) is 3.46. The van der Waals surface area contributed by atoms with E-state index in [1.165, 1.54) is 12.3 Å². The summed E-state index contributed by atoms with van der Waals surface area (Å²) in [6.45, 7) is 1.08. The molecule has 94 valence electrons. The lowest BCUT2D eigenvalue weighted by Gasteiger charge is -2.14. The Morgan fingerprint density at radius 2 is 2.24 bits per heavy atom. The molecule has 0 unspecified atom stereocenters. The van der Waals surface area contributed by atoms with Crippen LogP contribution in [0.2, 0.25) is 0 Å². The molecule has 0 bridgehead atoms. The van der Waals surface area contributed by atoms with Crippen LogP contribution in [0.5, 0.6) is 0 Å². The number of aromatic nitrogens is 1. The van der Waals surface area contributed by atoms with Gasteiger partial charge in [-0.2, -0.15) is 0 Å². The summed E-state index contributed by atoms with van der Waals surface area (Å²) < 4.78 is 26.5. The van der Waals surface area contributed by atoms with Crippen LogP contribution in [0.1, 0.15) is 19.3 Å². The van der Waals surface area contributed by atoms with Gasteiger partial charge in [0.1, 0.15) is 4.90 Å². The molecule has 0 aromatic carbocycles. The first-order valence-corrected chi connectivity index (χ1v) is 7.16. The van der Waals surface area contributed by atoms with E-state index >= 15 is 0 Å². The maximum atomic E-state index is 11.9. The van der Waals surface area contributed by atoms with Gasteiger partial charge in [-0.1, -0.05) is 0 Å². The molecule has 0 aliphatic heterocycles. The minimum atomic E-state index is -3.43. The van der Waals surface area contributed by atoms with Gasteiger partial charge in [-0.05, 0) is 43.4 Å². The van der Waals surface area contributed by atoms with Crippen molar-refractivity contribution in [2.45, 2.75) is 24.2 Å². The lowest BCUT2D eigenvalue weighted by atomic mass is 10.0. The van der Waals surface area contributed by atoms with Gasteiger partial charge in [-0.3, -0.25) is 4.98 Å². The van der Waals surface area contributed by atoms with Crippen LogP contribution in [0.4, 0.5) is 0 Å². The van der Waals surface area contributed by atoms with Crippen molar-refractivity contribution in [1.29, 1.82) is 0 Å². The molecule has 1 aromatic rings. The fraction of sp³-hybridized carbons (Fsp3) is 0.545. The van der Waals surface area contributed by atoms with Crippen LogP contribution >= 0.6 is 0 Å². The molecule has 1 aliphatic rings. The lowest BCUT2D eigenvalue weighted by molar-refractivity contribution is 0.461. The van der Waals surface area contributed by atoms with Crippen LogP contribution in [0.3, 0.4) is 0 Å². The Bertz CT molecular complexity index is 469. The fourth-order valence-electron chi connectivity index (χ4n) is 1.84. The van der Waals surface area contributed by atoms with Crippen LogP contribution in [0.15, 0.2) is 29.4 Å². The van der Waals surface area contributed by atoms with Crippen molar-refractivity contribution in [3.63, 3.8) is 0 Å². The molecule has 5 nitrogen and oxygen atoms in total. The summed E-state index contributed by atoms with van der Waals surface area (Å²) in [5.41, 5.74) is 5.62. The molecule has 1 aliphatic carbocycles. The third-order valence-corrected chi connectivity index (χ3v) is 4.60. The van der Waals surface area contributed by atoms with Gasteiger partial charge in [-0.15, -0.1) is 0 Å². The van der Waals surface area contributed by atoms with Crippen molar-refractivity contribution in [1.82, 2.24) is 9.71 Å². The highest BCUT2D eigenvalue weighted by Crippen LogP contribution is 2.47. The lowest BCUT2D eigenvalue weighted by Crippen LogP contribution is -2.31. The molecular weight excluding hydrogens is 238 g/mol. The van der Waals surface area contributed by atoms with Crippen molar-refractivity contribution in [2.75, 3.05) is 13.1 Å². The standard InChI is InChI=1S/C11H17N3O2S/c12-6-5-11(3-4-11)9-14-17(15,16)10-2-1-7-13-8-10/h1-2,7-8,14H,3-6,9,12H2. The molecular formula is C11H17N3O2S. The van der Waals surface area contributed by atoms with Crippen LogP contribution in [-0.4, -0.2) is 26.5 Å². The number of sulfonamides is 1. The molecule has 3 N–H and O–H groups in total. The van der Waals surface area contributed by atoms with Gasteiger partial charge >= 0.3 is 0 Å². The molecule has 0 saturated heterocycles. The number of nitrogens with one attached hydrogen (secondary N) is 1. The highest BCUT2D eigenvalue weighted by atomic mass is 32.2. The molecule has 0 spiro atoms. The van der Waals surface area contributed by atoms with Gasteiger partial charge in [0.25, 0.3) is 0 Å². The van der Waals surface area contributed by atoms with E-state index in [2.05, 4.69) is 9.71 Å². The molecule has 0 radical (unpaired) electrons. The number of nitrogens with two attached hydrogens (primary N) is 1. The molecule has 6 heteroatoms. The van der Waals surface area contributed by atoms with Crippen molar-refractivity contribution in [3.8, 4) is 0 Å². The predicted molar refractivity (Wildman–Crippen MR) is 64.8 cm³/mol. The maximum Gasteiger partial charge on any atom is 0.242 e. The minimum Gasteiger partial charge on any atom is -0.330 e. The normalized spacial score (nSPS) is 17.9. The highest BCUT2D eigenvalue weighted by molar-refractivity contribution is 7.89. The van der Waals surface area contributed by atoms with Crippen LogP contribution in [0.25, 0.3) is 0 Å². The highest BCUT2D eigenvalue weighted by Gasteiger charge is 2.42. The maximum absolute atomic E-state index is 11.9. The van der Waals surface area contributed by atoms with Crippen LogP contribution < -0.4 is 10.5 Å². The zero-order valence-corrected chi connectivity index (χ0v) is 10.4. The van der Waals surface area contributed by atoms with E-state index in [-0.39, 0.29) is 10.3 Å². The first-order valence-electron chi connectivity index (χ1n) is 5.68. The van der Waals surface area contributed by atoms with Crippen molar-refractivity contribution >= 4 is 10.0 Å². The van der Waals surface area contributed by atoms with E-state index in [1.54, 1.807) is 12.3 Å². The Balaban J connectivity index is 2.00. The smallest absolute Gasteiger partial charge is 0.242 e. The average molecular weight is 255 g/mol. The zero-order chi connectivity index (χ0) is 12.4. The number of nitrogens with zero attached hydrogens (tertiary/aromatic N) is 1. The molecule has 0 atom stereocenters. The van der Waals surface area contributed by atoms with Crippen molar-refractivity contribution < 1.29 is 8.42 Å². The van der Waals surface area contributed by atoms with Crippen molar-refractivity contribution in [2.24, 2.45) is 11.1 Å². The second-order valence-electron chi connectivity index (χ2n) is 4.55. The van der Waals surface area contributed by atoms with E-state index in [1.807, 2.05) is 0 Å². The summed E-state index contributed by atoms with van der Waals surface area (Å²) in [6.07, 6.45) is 5.89. The molecule has 17 heavy (non-hydrogen) atoms. The summed E-state index contributed by atoms with van der Waals surface area (Å²) in [4.78, 5) is 4.02. The molecule has 1 fully saturated rings. The number of hydrogen-bond acceptors (Lipinski definition) is 4. The summed E-state index contributed by atoms with van der Waals surface area (Å²) >= 11 is 0. The van der Waals surface area contributed by atoms with E-state index in [4.69, 9.17) is 5.73 Å². The Hall–Kier alpha value is -0.980. The first-order chi connectivity index (χ1) is 8.08. The summed E-state index contributed by atoms with van der Waals surface area (Å²) in [5, 5.41) is 0. The quantitative estimate of drug-likeness (QED) is 0.774. The summed E-state index contributed by atoms with van der Waals surface area (Å²) in [6, 6.07) is 3.15. The van der Waals surface area contributed by atoms with Gasteiger partial charge in [0.15, 0.2) is 0 Å². The molecule has 0 amide bonds. The zero-order valence-electron chi connectivity index (χ0n) is 9.59. The Morgan fingerprint density at radius 3 is 2.76 bits per heavy atom. The molecule has 1 aromatic heterocycles. The second kappa shape index (κ2) is 4.72. The van der Waals surface area contributed by atoms with Gasteiger partial charge in [0, 0.05) is 18.9 Å². The summed E-state index contributed by atoms with van der Waals surface area (Å²) in [7, 11) is -3.43. The van der Waals surface area contributed by atoms with E-state index in [9.17, 15) is 8.42 Å². The predicted octanol–water partition coefficient (Wildman–Crippen LogP) is 0.489. The van der Waals surface area contributed by atoms with Crippen molar-refractivity contribution in [3.05, 3.63) is 24.5 Å². The Labute approximate surface area is 101 Å². The fourth-order valence-corrected chi connectivity index (χ4v) is 2.96. The van der Waals surface area contributed by atoms with Gasteiger partial charge in [0.05, 0.1) is 0 Å². The summed E-state index contributed by atoms with van der Waals surface area (Å²) in [5.74, 6) is 0. The SMILES string of the molecule is NCCC1(CNS(=O)(=O)c2cccnc2)CC1. The topological polar surface area (TPSA) is 85.1 Å². The number of hydrogen-bond donors (Lipinski definition) is 2. The second-order valence-corrected chi connectivity index (χ2v) is 6.32. The third-order valence-electron chi connectivity index (χ3n) is 3.21. The largest absolute Gasteiger partial charge is 0.330 e. The van der Waals surface area contributed by atoms with Crippen LogP contribution in [-0.2, 0) is 10.0 Å².